The van der Waals surface area contributed by atoms with Crippen molar-refractivity contribution in [1.29, 1.82) is 0 Å². The zero-order chi connectivity index (χ0) is 15.2. The summed E-state index contributed by atoms with van der Waals surface area (Å²) in [4.78, 5) is 19.2. The molecular weight excluding hydrogens is 262 g/mol. The first-order valence-corrected chi connectivity index (χ1v) is 8.15. The number of aromatic nitrogens is 1. The molecule has 1 saturated heterocycles. The molecule has 2 rings (SSSR count). The Morgan fingerprint density at radius 2 is 2.14 bits per heavy atom. The number of aryl methyl sites for hydroxylation is 1. The molecule has 0 spiro atoms. The number of nitrogens with one attached hydrogen (secondary N) is 1. The van der Waals surface area contributed by atoms with Crippen LogP contribution >= 0.6 is 0 Å². The van der Waals surface area contributed by atoms with E-state index in [1.165, 1.54) is 12.8 Å². The van der Waals surface area contributed by atoms with Gasteiger partial charge in [0.25, 0.3) is 5.91 Å². The van der Waals surface area contributed by atoms with Crippen molar-refractivity contribution in [3.05, 3.63) is 23.4 Å². The van der Waals surface area contributed by atoms with Crippen molar-refractivity contribution in [2.75, 3.05) is 25.0 Å². The Kier molecular flexibility index (Phi) is 5.59. The van der Waals surface area contributed by atoms with Crippen LogP contribution in [0.1, 0.15) is 55.6 Å². The predicted octanol–water partition coefficient (Wildman–Crippen LogP) is 3.47. The van der Waals surface area contributed by atoms with E-state index in [0.717, 1.165) is 55.5 Å². The Balaban J connectivity index is 2.12. The van der Waals surface area contributed by atoms with Crippen molar-refractivity contribution in [2.45, 2.75) is 46.5 Å². The molecular formula is C17H27N3O. The van der Waals surface area contributed by atoms with Gasteiger partial charge in [-0.25, -0.2) is 4.98 Å². The monoisotopic (exact) mass is 289 g/mol. The van der Waals surface area contributed by atoms with E-state index in [0.29, 0.717) is 0 Å². The normalized spacial score (nSPS) is 19.2. The van der Waals surface area contributed by atoms with Crippen molar-refractivity contribution in [3.63, 3.8) is 0 Å². The summed E-state index contributed by atoms with van der Waals surface area (Å²) in [6.07, 6.45) is 4.72. The van der Waals surface area contributed by atoms with Crippen molar-refractivity contribution in [1.82, 2.24) is 9.88 Å². The smallest absolute Gasteiger partial charge is 0.254 e. The third kappa shape index (κ3) is 4.19. The molecule has 0 saturated carbocycles. The van der Waals surface area contributed by atoms with Gasteiger partial charge in [-0.1, -0.05) is 13.3 Å². The van der Waals surface area contributed by atoms with E-state index >= 15 is 0 Å². The average Bonchev–Trinajstić information content (AvgIpc) is 2.71. The number of hydrogen-bond acceptors (Lipinski definition) is 3. The minimum Gasteiger partial charge on any atom is -0.370 e. The van der Waals surface area contributed by atoms with E-state index in [2.05, 4.69) is 17.2 Å². The second-order valence-corrected chi connectivity index (χ2v) is 5.91. The second kappa shape index (κ2) is 7.43. The molecule has 1 aromatic rings. The highest BCUT2D eigenvalue weighted by Crippen LogP contribution is 2.22. The van der Waals surface area contributed by atoms with Gasteiger partial charge in [-0.3, -0.25) is 4.79 Å². The lowest BCUT2D eigenvalue weighted by Gasteiger charge is -2.21. The quantitative estimate of drug-likeness (QED) is 0.923. The molecule has 21 heavy (non-hydrogen) atoms. The maximum Gasteiger partial charge on any atom is 0.254 e. The number of carbonyl (C=O) groups excluding carboxylic acids is 1. The lowest BCUT2D eigenvalue weighted by Crippen LogP contribution is -2.32. The summed E-state index contributed by atoms with van der Waals surface area (Å²) in [7, 11) is 0. The summed E-state index contributed by atoms with van der Waals surface area (Å²) >= 11 is 0. The zero-order valence-electron chi connectivity index (χ0n) is 13.5. The standard InChI is InChI=1S/C17H27N3O/c1-4-14-7-6-9-20(10-8-14)17(21)15-11-13(3)19-16(12-15)18-5-2/h11-12,14H,4-10H2,1-3H3,(H,18,19). The van der Waals surface area contributed by atoms with E-state index < -0.39 is 0 Å². The molecule has 1 unspecified atom stereocenters. The van der Waals surface area contributed by atoms with Crippen molar-refractivity contribution >= 4 is 11.7 Å². The van der Waals surface area contributed by atoms with Crippen LogP contribution in [0.4, 0.5) is 5.82 Å². The number of anilines is 1. The Labute approximate surface area is 127 Å². The van der Waals surface area contributed by atoms with Crippen LogP contribution in [0.15, 0.2) is 12.1 Å². The lowest BCUT2D eigenvalue weighted by molar-refractivity contribution is 0.0759. The predicted molar refractivity (Wildman–Crippen MR) is 86.7 cm³/mol. The Hall–Kier alpha value is -1.58. The van der Waals surface area contributed by atoms with Crippen LogP contribution < -0.4 is 5.32 Å². The van der Waals surface area contributed by atoms with Gasteiger partial charge in [-0.15, -0.1) is 0 Å². The van der Waals surface area contributed by atoms with Crippen LogP contribution in [0.2, 0.25) is 0 Å². The van der Waals surface area contributed by atoms with Gasteiger partial charge < -0.3 is 10.2 Å². The molecule has 1 aliphatic rings. The summed E-state index contributed by atoms with van der Waals surface area (Å²) < 4.78 is 0. The van der Waals surface area contributed by atoms with Gasteiger partial charge in [0.05, 0.1) is 0 Å². The van der Waals surface area contributed by atoms with E-state index in [4.69, 9.17) is 0 Å². The van der Waals surface area contributed by atoms with Crippen LogP contribution in [0.3, 0.4) is 0 Å². The molecule has 0 bridgehead atoms. The molecule has 0 radical (unpaired) electrons. The highest BCUT2D eigenvalue weighted by Gasteiger charge is 2.21. The van der Waals surface area contributed by atoms with Crippen LogP contribution in [-0.4, -0.2) is 35.4 Å². The molecule has 2 heterocycles. The van der Waals surface area contributed by atoms with Crippen LogP contribution in [0.5, 0.6) is 0 Å². The number of likely N-dealkylation sites (tertiary alicyclic amines) is 1. The minimum atomic E-state index is 0.149. The van der Waals surface area contributed by atoms with Crippen LogP contribution in [0, 0.1) is 12.8 Å². The Morgan fingerprint density at radius 3 is 2.86 bits per heavy atom. The van der Waals surface area contributed by atoms with E-state index in [-0.39, 0.29) is 5.91 Å². The summed E-state index contributed by atoms with van der Waals surface area (Å²) in [6, 6.07) is 3.77. The summed E-state index contributed by atoms with van der Waals surface area (Å²) in [5.41, 5.74) is 1.64. The fourth-order valence-electron chi connectivity index (χ4n) is 3.02. The van der Waals surface area contributed by atoms with Crippen LogP contribution in [-0.2, 0) is 0 Å². The number of carbonyl (C=O) groups is 1. The molecule has 1 atom stereocenters. The molecule has 1 fully saturated rings. The van der Waals surface area contributed by atoms with E-state index in [1.54, 1.807) is 0 Å². The minimum absolute atomic E-state index is 0.149. The zero-order valence-corrected chi connectivity index (χ0v) is 13.5. The lowest BCUT2D eigenvalue weighted by atomic mass is 9.98. The van der Waals surface area contributed by atoms with Gasteiger partial charge >= 0.3 is 0 Å². The fraction of sp³-hybridized carbons (Fsp3) is 0.647. The SMILES string of the molecule is CCNc1cc(C(=O)N2CCCC(CC)CC2)cc(C)n1. The molecule has 1 N–H and O–H groups in total. The number of hydrogen-bond donors (Lipinski definition) is 1. The van der Waals surface area contributed by atoms with Gasteiger partial charge in [-0.05, 0) is 51.2 Å². The Morgan fingerprint density at radius 1 is 1.33 bits per heavy atom. The molecule has 4 heteroatoms. The van der Waals surface area contributed by atoms with Gasteiger partial charge in [0, 0.05) is 30.9 Å². The molecule has 1 aliphatic heterocycles. The molecule has 1 amide bonds. The Bertz CT molecular complexity index is 487. The fourth-order valence-corrected chi connectivity index (χ4v) is 3.02. The molecule has 4 nitrogen and oxygen atoms in total. The van der Waals surface area contributed by atoms with E-state index in [1.807, 2.05) is 30.9 Å². The maximum atomic E-state index is 12.7. The number of rotatable bonds is 4. The highest BCUT2D eigenvalue weighted by atomic mass is 16.2. The van der Waals surface area contributed by atoms with Gasteiger partial charge in [-0.2, -0.15) is 0 Å². The second-order valence-electron chi connectivity index (χ2n) is 5.91. The van der Waals surface area contributed by atoms with Crippen LogP contribution in [0.25, 0.3) is 0 Å². The largest absolute Gasteiger partial charge is 0.370 e. The van der Waals surface area contributed by atoms with Gasteiger partial charge in [0.15, 0.2) is 0 Å². The summed E-state index contributed by atoms with van der Waals surface area (Å²) in [6.45, 7) is 8.80. The number of amides is 1. The third-order valence-electron chi connectivity index (χ3n) is 4.27. The average molecular weight is 289 g/mol. The van der Waals surface area contributed by atoms with Gasteiger partial charge in [0.2, 0.25) is 0 Å². The number of pyridine rings is 1. The van der Waals surface area contributed by atoms with Crippen molar-refractivity contribution in [2.24, 2.45) is 5.92 Å². The summed E-state index contributed by atoms with van der Waals surface area (Å²) in [5.74, 6) is 1.72. The van der Waals surface area contributed by atoms with Gasteiger partial charge in [0.1, 0.15) is 5.82 Å². The highest BCUT2D eigenvalue weighted by molar-refractivity contribution is 5.95. The van der Waals surface area contributed by atoms with E-state index in [9.17, 15) is 4.79 Å². The van der Waals surface area contributed by atoms with Crippen molar-refractivity contribution in [3.8, 4) is 0 Å². The first-order chi connectivity index (χ1) is 10.1. The first-order valence-electron chi connectivity index (χ1n) is 8.15. The third-order valence-corrected chi connectivity index (χ3v) is 4.27. The molecule has 0 aliphatic carbocycles. The number of nitrogens with zero attached hydrogens (tertiary/aromatic N) is 2. The first kappa shape index (κ1) is 15.8. The molecule has 1 aromatic heterocycles. The topological polar surface area (TPSA) is 45.2 Å². The maximum absolute atomic E-state index is 12.7. The summed E-state index contributed by atoms with van der Waals surface area (Å²) in [5, 5.41) is 3.19. The molecule has 0 aromatic carbocycles. The molecule has 116 valence electrons. The van der Waals surface area contributed by atoms with Crippen molar-refractivity contribution < 1.29 is 4.79 Å².